The minimum Gasteiger partial charge on any atom is -0.304 e. The highest BCUT2D eigenvalue weighted by Crippen LogP contribution is 2.20. The van der Waals surface area contributed by atoms with Crippen LogP contribution in [0.5, 0.6) is 0 Å². The lowest BCUT2D eigenvalue weighted by molar-refractivity contribution is -0.136. The first-order valence-electron chi connectivity index (χ1n) is 12.4. The summed E-state index contributed by atoms with van der Waals surface area (Å²) in [4.78, 5) is 30.2. The van der Waals surface area contributed by atoms with Gasteiger partial charge in [-0.3, -0.25) is 9.59 Å². The van der Waals surface area contributed by atoms with Crippen molar-refractivity contribution in [3.8, 4) is 0 Å². The SMILES string of the molecule is CCCCCCCCN(C(=O)C(=O)N(CCCCCC)c1ccccc1)c1ccccc1. The van der Waals surface area contributed by atoms with Crippen molar-refractivity contribution < 1.29 is 9.59 Å². The molecule has 2 aromatic rings. The zero-order valence-electron chi connectivity index (χ0n) is 20.0. The van der Waals surface area contributed by atoms with E-state index in [1.165, 1.54) is 25.7 Å². The lowest BCUT2D eigenvalue weighted by Gasteiger charge is -2.27. The number of benzene rings is 2. The predicted molar refractivity (Wildman–Crippen MR) is 135 cm³/mol. The molecule has 0 fully saturated rings. The Balaban J connectivity index is 2.13. The number of unbranched alkanes of at least 4 members (excludes halogenated alkanes) is 8. The Bertz CT molecular complexity index is 777. The van der Waals surface area contributed by atoms with Gasteiger partial charge in [-0.15, -0.1) is 0 Å². The van der Waals surface area contributed by atoms with Gasteiger partial charge in [0, 0.05) is 24.5 Å². The highest BCUT2D eigenvalue weighted by atomic mass is 16.2. The standard InChI is InChI=1S/C28H40N2O2/c1-3-5-7-9-10-18-24-30(26-21-15-12-16-22-26)28(32)27(31)29(23-17-8-6-4-2)25-19-13-11-14-20-25/h11-16,19-22H,3-10,17-18,23-24H2,1-2H3. The van der Waals surface area contributed by atoms with E-state index in [0.717, 1.165) is 49.9 Å². The monoisotopic (exact) mass is 436 g/mol. The molecule has 0 N–H and O–H groups in total. The molecule has 0 unspecified atom stereocenters. The van der Waals surface area contributed by atoms with Gasteiger partial charge in [0.15, 0.2) is 0 Å². The Morgan fingerprint density at radius 1 is 0.531 bits per heavy atom. The molecule has 0 aliphatic heterocycles. The van der Waals surface area contributed by atoms with Crippen molar-refractivity contribution in [1.82, 2.24) is 0 Å². The van der Waals surface area contributed by atoms with Crippen molar-refractivity contribution in [2.24, 2.45) is 0 Å². The summed E-state index contributed by atoms with van der Waals surface area (Å²) in [5.41, 5.74) is 1.58. The van der Waals surface area contributed by atoms with Gasteiger partial charge in [-0.25, -0.2) is 0 Å². The van der Waals surface area contributed by atoms with Gasteiger partial charge in [0.1, 0.15) is 0 Å². The van der Waals surface area contributed by atoms with Gasteiger partial charge < -0.3 is 9.80 Å². The fourth-order valence-electron chi connectivity index (χ4n) is 3.89. The second-order valence-corrected chi connectivity index (χ2v) is 8.41. The maximum Gasteiger partial charge on any atom is 0.316 e. The fourth-order valence-corrected chi connectivity index (χ4v) is 3.89. The second-order valence-electron chi connectivity index (χ2n) is 8.41. The molecular weight excluding hydrogens is 396 g/mol. The van der Waals surface area contributed by atoms with E-state index in [9.17, 15) is 9.59 Å². The van der Waals surface area contributed by atoms with Crippen LogP contribution in [-0.2, 0) is 9.59 Å². The van der Waals surface area contributed by atoms with Gasteiger partial charge in [-0.2, -0.15) is 0 Å². The first-order valence-corrected chi connectivity index (χ1v) is 12.4. The van der Waals surface area contributed by atoms with E-state index in [0.29, 0.717) is 13.1 Å². The van der Waals surface area contributed by atoms with Crippen molar-refractivity contribution >= 4 is 23.2 Å². The van der Waals surface area contributed by atoms with Crippen molar-refractivity contribution in [1.29, 1.82) is 0 Å². The first-order chi connectivity index (χ1) is 15.7. The number of hydrogen-bond donors (Lipinski definition) is 0. The van der Waals surface area contributed by atoms with Gasteiger partial charge in [0.05, 0.1) is 0 Å². The summed E-state index contributed by atoms with van der Waals surface area (Å²) in [5, 5.41) is 0. The molecule has 0 aliphatic rings. The summed E-state index contributed by atoms with van der Waals surface area (Å²) in [5.74, 6) is -0.883. The minimum atomic E-state index is -0.442. The van der Waals surface area contributed by atoms with Crippen LogP contribution in [0.1, 0.15) is 78.1 Å². The minimum absolute atomic E-state index is 0.441. The summed E-state index contributed by atoms with van der Waals surface area (Å²) in [6, 6.07) is 19.2. The Hall–Kier alpha value is -2.62. The van der Waals surface area contributed by atoms with Crippen molar-refractivity contribution in [3.05, 3.63) is 60.7 Å². The molecule has 4 nitrogen and oxygen atoms in total. The number of nitrogens with zero attached hydrogens (tertiary/aromatic N) is 2. The fraction of sp³-hybridized carbons (Fsp3) is 0.500. The molecular formula is C28H40N2O2. The third kappa shape index (κ3) is 8.49. The maximum atomic E-state index is 13.4. The molecule has 0 bridgehead atoms. The van der Waals surface area contributed by atoms with Gasteiger partial charge in [-0.05, 0) is 37.1 Å². The van der Waals surface area contributed by atoms with E-state index in [1.807, 2.05) is 60.7 Å². The van der Waals surface area contributed by atoms with Crippen LogP contribution in [0.25, 0.3) is 0 Å². The third-order valence-electron chi connectivity index (χ3n) is 5.78. The van der Waals surface area contributed by atoms with Crippen LogP contribution in [0.4, 0.5) is 11.4 Å². The number of rotatable bonds is 14. The number of carbonyl (C=O) groups is 2. The second kappa shape index (κ2) is 15.2. The smallest absolute Gasteiger partial charge is 0.304 e. The largest absolute Gasteiger partial charge is 0.316 e. The van der Waals surface area contributed by atoms with Crippen molar-refractivity contribution in [2.75, 3.05) is 22.9 Å². The average Bonchev–Trinajstić information content (AvgIpc) is 2.84. The topological polar surface area (TPSA) is 40.6 Å². The van der Waals surface area contributed by atoms with E-state index in [1.54, 1.807) is 9.80 Å². The molecule has 32 heavy (non-hydrogen) atoms. The maximum absolute atomic E-state index is 13.4. The quantitative estimate of drug-likeness (QED) is 0.236. The Kier molecular flexibility index (Phi) is 12.2. The van der Waals surface area contributed by atoms with Crippen LogP contribution in [0.2, 0.25) is 0 Å². The van der Waals surface area contributed by atoms with E-state index < -0.39 is 11.8 Å². The zero-order valence-corrected chi connectivity index (χ0v) is 20.0. The van der Waals surface area contributed by atoms with Gasteiger partial charge in [0.2, 0.25) is 0 Å². The third-order valence-corrected chi connectivity index (χ3v) is 5.78. The highest BCUT2D eigenvalue weighted by molar-refractivity contribution is 6.44. The van der Waals surface area contributed by atoms with Crippen LogP contribution >= 0.6 is 0 Å². The normalized spacial score (nSPS) is 10.7. The van der Waals surface area contributed by atoms with Gasteiger partial charge >= 0.3 is 11.8 Å². The summed E-state index contributed by atoms with van der Waals surface area (Å²) >= 11 is 0. The van der Waals surface area contributed by atoms with Crippen molar-refractivity contribution in [2.45, 2.75) is 78.1 Å². The number of anilines is 2. The Labute approximate surface area is 194 Å². The molecule has 2 amide bonds. The van der Waals surface area contributed by atoms with Crippen LogP contribution in [0, 0.1) is 0 Å². The average molecular weight is 437 g/mol. The number of amides is 2. The summed E-state index contributed by atoms with van der Waals surface area (Å²) < 4.78 is 0. The first kappa shape index (κ1) is 25.6. The number of para-hydroxylation sites is 2. The number of hydrogen-bond acceptors (Lipinski definition) is 2. The summed E-state index contributed by atoms with van der Waals surface area (Å²) in [7, 11) is 0. The highest BCUT2D eigenvalue weighted by Gasteiger charge is 2.28. The molecule has 174 valence electrons. The molecule has 4 heteroatoms. The molecule has 0 radical (unpaired) electrons. The van der Waals surface area contributed by atoms with Gasteiger partial charge in [0.25, 0.3) is 0 Å². The van der Waals surface area contributed by atoms with Crippen molar-refractivity contribution in [3.63, 3.8) is 0 Å². The van der Waals surface area contributed by atoms with E-state index in [2.05, 4.69) is 13.8 Å². The summed E-state index contributed by atoms with van der Waals surface area (Å²) in [6.07, 6.45) is 11.1. The van der Waals surface area contributed by atoms with Crippen LogP contribution < -0.4 is 9.80 Å². The Morgan fingerprint density at radius 2 is 0.875 bits per heavy atom. The lowest BCUT2D eigenvalue weighted by Crippen LogP contribution is -2.46. The van der Waals surface area contributed by atoms with Crippen LogP contribution in [0.3, 0.4) is 0 Å². The van der Waals surface area contributed by atoms with Crippen LogP contribution in [0.15, 0.2) is 60.7 Å². The van der Waals surface area contributed by atoms with E-state index >= 15 is 0 Å². The molecule has 0 aromatic heterocycles. The number of carbonyl (C=O) groups excluding carboxylic acids is 2. The van der Waals surface area contributed by atoms with Gasteiger partial charge in [-0.1, -0.05) is 102 Å². The Morgan fingerprint density at radius 3 is 1.28 bits per heavy atom. The molecule has 2 rings (SSSR count). The molecule has 0 atom stereocenters. The molecule has 0 aliphatic carbocycles. The van der Waals surface area contributed by atoms with Crippen LogP contribution in [-0.4, -0.2) is 24.9 Å². The molecule has 0 saturated carbocycles. The molecule has 0 spiro atoms. The molecule has 2 aromatic carbocycles. The summed E-state index contributed by atoms with van der Waals surface area (Å²) in [6.45, 7) is 5.51. The molecule has 0 heterocycles. The lowest BCUT2D eigenvalue weighted by atomic mass is 10.1. The van der Waals surface area contributed by atoms with E-state index in [4.69, 9.17) is 0 Å². The predicted octanol–water partition coefficient (Wildman–Crippen LogP) is 6.99. The molecule has 0 saturated heterocycles. The van der Waals surface area contributed by atoms with E-state index in [-0.39, 0.29) is 0 Å². The zero-order chi connectivity index (χ0) is 23.0.